The zero-order valence-electron chi connectivity index (χ0n) is 12.4. The normalized spacial score (nSPS) is 11.8. The van der Waals surface area contributed by atoms with Crippen LogP contribution >= 0.6 is 0 Å². The fraction of sp³-hybridized carbons (Fsp3) is 0.467. The van der Waals surface area contributed by atoms with Crippen molar-refractivity contribution in [3.8, 4) is 5.69 Å². The molecule has 2 aromatic heterocycles. The lowest BCUT2D eigenvalue weighted by Gasteiger charge is -2.21. The van der Waals surface area contributed by atoms with Crippen molar-refractivity contribution in [3.63, 3.8) is 0 Å². The van der Waals surface area contributed by atoms with Gasteiger partial charge in [0.25, 0.3) is 0 Å². The Labute approximate surface area is 114 Å². The third-order valence-electron chi connectivity index (χ3n) is 2.88. The summed E-state index contributed by atoms with van der Waals surface area (Å²) in [6, 6.07) is 4.09. The molecule has 0 saturated heterocycles. The van der Waals surface area contributed by atoms with Gasteiger partial charge in [-0.1, -0.05) is 0 Å². The molecule has 0 unspecified atom stereocenters. The lowest BCUT2D eigenvalue weighted by atomic mass is 10.1. The van der Waals surface area contributed by atoms with E-state index in [-0.39, 0.29) is 5.54 Å². The minimum absolute atomic E-state index is 0.0855. The molecule has 0 bridgehead atoms. The van der Waals surface area contributed by atoms with Crippen LogP contribution in [-0.2, 0) is 6.54 Å². The highest BCUT2D eigenvalue weighted by molar-refractivity contribution is 5.40. The van der Waals surface area contributed by atoms with Crippen LogP contribution in [0.1, 0.15) is 37.7 Å². The topological polar surface area (TPSA) is 42.7 Å². The summed E-state index contributed by atoms with van der Waals surface area (Å²) in [5.74, 6) is 0. The molecule has 0 radical (unpaired) electrons. The number of pyridine rings is 1. The molecular formula is C15H22N4. The Morgan fingerprint density at radius 3 is 2.53 bits per heavy atom. The molecule has 102 valence electrons. The number of aromatic nitrogens is 3. The van der Waals surface area contributed by atoms with Gasteiger partial charge in [0.05, 0.1) is 11.4 Å². The van der Waals surface area contributed by atoms with Gasteiger partial charge in [-0.25, -0.2) is 4.68 Å². The monoisotopic (exact) mass is 258 g/mol. The van der Waals surface area contributed by atoms with E-state index in [9.17, 15) is 0 Å². The average molecular weight is 258 g/mol. The molecule has 2 aromatic rings. The van der Waals surface area contributed by atoms with E-state index in [1.165, 1.54) is 0 Å². The molecule has 0 aliphatic rings. The molecule has 0 aliphatic heterocycles. The van der Waals surface area contributed by atoms with E-state index in [2.05, 4.69) is 42.2 Å². The highest BCUT2D eigenvalue weighted by Crippen LogP contribution is 2.16. The van der Waals surface area contributed by atoms with E-state index in [0.717, 1.165) is 29.2 Å². The summed E-state index contributed by atoms with van der Waals surface area (Å²) in [5.41, 5.74) is 4.36. The molecule has 0 atom stereocenters. The van der Waals surface area contributed by atoms with Crippen molar-refractivity contribution in [2.75, 3.05) is 0 Å². The van der Waals surface area contributed by atoms with E-state index < -0.39 is 0 Å². The molecule has 4 nitrogen and oxygen atoms in total. The first kappa shape index (κ1) is 13.7. The van der Waals surface area contributed by atoms with Gasteiger partial charge in [0.15, 0.2) is 0 Å². The minimum Gasteiger partial charge on any atom is -0.308 e. The van der Waals surface area contributed by atoms with Gasteiger partial charge in [-0.2, -0.15) is 5.10 Å². The Morgan fingerprint density at radius 2 is 1.95 bits per heavy atom. The van der Waals surface area contributed by atoms with Crippen LogP contribution in [0.3, 0.4) is 0 Å². The van der Waals surface area contributed by atoms with Crippen molar-refractivity contribution in [3.05, 3.63) is 41.5 Å². The fourth-order valence-electron chi connectivity index (χ4n) is 1.83. The molecule has 0 aromatic carbocycles. The predicted molar refractivity (Wildman–Crippen MR) is 77.4 cm³/mol. The Hall–Kier alpha value is -1.68. The molecule has 0 aliphatic carbocycles. The molecule has 0 amide bonds. The maximum atomic E-state index is 4.49. The second kappa shape index (κ2) is 5.13. The Morgan fingerprint density at radius 1 is 1.21 bits per heavy atom. The van der Waals surface area contributed by atoms with Crippen molar-refractivity contribution in [2.45, 2.75) is 46.7 Å². The number of rotatable bonds is 3. The van der Waals surface area contributed by atoms with Gasteiger partial charge in [-0.3, -0.25) is 4.98 Å². The molecule has 0 saturated carbocycles. The van der Waals surface area contributed by atoms with E-state index in [0.29, 0.717) is 0 Å². The second-order valence-corrected chi connectivity index (χ2v) is 5.96. The summed E-state index contributed by atoms with van der Waals surface area (Å²) in [4.78, 5) is 4.39. The van der Waals surface area contributed by atoms with Gasteiger partial charge in [0.1, 0.15) is 0 Å². The smallest absolute Gasteiger partial charge is 0.0724 e. The Kier molecular flexibility index (Phi) is 3.71. The summed E-state index contributed by atoms with van der Waals surface area (Å²) in [7, 11) is 0. The molecule has 2 heterocycles. The fourth-order valence-corrected chi connectivity index (χ4v) is 1.83. The number of nitrogens with one attached hydrogen (secondary N) is 1. The lowest BCUT2D eigenvalue weighted by molar-refractivity contribution is 0.423. The van der Waals surface area contributed by atoms with Crippen LogP contribution in [0.5, 0.6) is 0 Å². The minimum atomic E-state index is 0.0855. The summed E-state index contributed by atoms with van der Waals surface area (Å²) < 4.78 is 1.92. The molecule has 1 N–H and O–H groups in total. The second-order valence-electron chi connectivity index (χ2n) is 5.96. The first-order chi connectivity index (χ1) is 8.85. The molecule has 2 rings (SSSR count). The first-order valence-corrected chi connectivity index (χ1v) is 6.58. The Balaban J connectivity index is 2.33. The van der Waals surface area contributed by atoms with Crippen LogP contribution in [0.25, 0.3) is 5.69 Å². The number of hydrogen-bond donors (Lipinski definition) is 1. The van der Waals surface area contributed by atoms with Gasteiger partial charge < -0.3 is 5.32 Å². The van der Waals surface area contributed by atoms with Crippen LogP contribution in [0.2, 0.25) is 0 Å². The highest BCUT2D eigenvalue weighted by atomic mass is 15.3. The van der Waals surface area contributed by atoms with Gasteiger partial charge >= 0.3 is 0 Å². The van der Waals surface area contributed by atoms with Crippen molar-refractivity contribution < 1.29 is 0 Å². The van der Waals surface area contributed by atoms with Crippen LogP contribution in [-0.4, -0.2) is 20.3 Å². The van der Waals surface area contributed by atoms with Crippen molar-refractivity contribution in [2.24, 2.45) is 0 Å². The summed E-state index contributed by atoms with van der Waals surface area (Å²) in [5, 5.41) is 7.98. The Bertz CT molecular complexity index is 564. The van der Waals surface area contributed by atoms with Crippen LogP contribution in [0.15, 0.2) is 24.5 Å². The van der Waals surface area contributed by atoms with Crippen molar-refractivity contribution >= 4 is 0 Å². The standard InChI is InChI=1S/C15H22N4/c1-11-6-7-19(18-11)14-8-12(2)16-9-13(14)10-17-15(3,4)5/h6-9,17H,10H2,1-5H3. The van der Waals surface area contributed by atoms with Gasteiger partial charge in [-0.15, -0.1) is 0 Å². The summed E-state index contributed by atoms with van der Waals surface area (Å²) >= 11 is 0. The third-order valence-corrected chi connectivity index (χ3v) is 2.88. The number of nitrogens with zero attached hydrogens (tertiary/aromatic N) is 3. The number of aryl methyl sites for hydroxylation is 2. The van der Waals surface area contributed by atoms with Crippen molar-refractivity contribution in [1.82, 2.24) is 20.1 Å². The summed E-state index contributed by atoms with van der Waals surface area (Å²) in [6.45, 7) is 11.3. The summed E-state index contributed by atoms with van der Waals surface area (Å²) in [6.07, 6.45) is 3.92. The highest BCUT2D eigenvalue weighted by Gasteiger charge is 2.12. The molecular weight excluding hydrogens is 236 g/mol. The molecule has 19 heavy (non-hydrogen) atoms. The van der Waals surface area contributed by atoms with Gasteiger partial charge in [0, 0.05) is 35.7 Å². The number of hydrogen-bond acceptors (Lipinski definition) is 3. The van der Waals surface area contributed by atoms with E-state index >= 15 is 0 Å². The molecule has 0 spiro atoms. The van der Waals surface area contributed by atoms with E-state index in [1.807, 2.05) is 37.0 Å². The lowest BCUT2D eigenvalue weighted by Crippen LogP contribution is -2.35. The van der Waals surface area contributed by atoms with E-state index in [1.54, 1.807) is 0 Å². The molecule has 0 fully saturated rings. The van der Waals surface area contributed by atoms with Crippen LogP contribution in [0.4, 0.5) is 0 Å². The maximum absolute atomic E-state index is 4.49. The predicted octanol–water partition coefficient (Wildman–Crippen LogP) is 2.77. The zero-order chi connectivity index (χ0) is 14.0. The first-order valence-electron chi connectivity index (χ1n) is 6.58. The van der Waals surface area contributed by atoms with Crippen LogP contribution < -0.4 is 5.32 Å². The van der Waals surface area contributed by atoms with Crippen molar-refractivity contribution in [1.29, 1.82) is 0 Å². The third kappa shape index (κ3) is 3.64. The molecule has 4 heteroatoms. The zero-order valence-corrected chi connectivity index (χ0v) is 12.4. The van der Waals surface area contributed by atoms with Gasteiger partial charge in [0.2, 0.25) is 0 Å². The van der Waals surface area contributed by atoms with E-state index in [4.69, 9.17) is 0 Å². The van der Waals surface area contributed by atoms with Crippen LogP contribution in [0, 0.1) is 13.8 Å². The maximum Gasteiger partial charge on any atom is 0.0724 e. The van der Waals surface area contributed by atoms with Gasteiger partial charge in [-0.05, 0) is 46.8 Å². The quantitative estimate of drug-likeness (QED) is 0.920. The average Bonchev–Trinajstić information content (AvgIpc) is 2.73. The SMILES string of the molecule is Cc1cc(-n2ccc(C)n2)c(CNC(C)(C)C)cn1. The largest absolute Gasteiger partial charge is 0.308 e.